The molecule has 3 heterocycles. The van der Waals surface area contributed by atoms with Gasteiger partial charge in [-0.3, -0.25) is 24.6 Å². The van der Waals surface area contributed by atoms with Crippen molar-refractivity contribution in [3.05, 3.63) is 23.9 Å². The molecule has 2 amide bonds. The zero-order chi connectivity index (χ0) is 17.8. The summed E-state index contributed by atoms with van der Waals surface area (Å²) in [5.41, 5.74) is 1.13. The standard InChI is InChI=1S/C17H22N4O4/c22-15-4-2-13(17(25)20-15)19-14-3-1-12(9-18-14)11-5-7-21(8-6-11)10-16(23)24/h1,3,9,11,13H,2,4-8,10H2,(H,18,19)(H,23,24)(H,20,22,25). The molecular formula is C17H22N4O4. The summed E-state index contributed by atoms with van der Waals surface area (Å²) in [6, 6.07) is 3.41. The summed E-state index contributed by atoms with van der Waals surface area (Å²) in [6.45, 7) is 1.64. The number of hydrogen-bond acceptors (Lipinski definition) is 6. The number of pyridine rings is 1. The Kier molecular flexibility index (Phi) is 5.28. The molecule has 3 rings (SSSR count). The Hall–Kier alpha value is -2.48. The van der Waals surface area contributed by atoms with Crippen LogP contribution in [-0.4, -0.2) is 58.5 Å². The number of amides is 2. The average molecular weight is 346 g/mol. The second kappa shape index (κ2) is 7.60. The monoisotopic (exact) mass is 346 g/mol. The van der Waals surface area contributed by atoms with Crippen molar-refractivity contribution >= 4 is 23.6 Å². The molecule has 0 aromatic carbocycles. The maximum absolute atomic E-state index is 11.8. The van der Waals surface area contributed by atoms with Crippen LogP contribution in [0, 0.1) is 0 Å². The number of likely N-dealkylation sites (tertiary alicyclic amines) is 1. The highest BCUT2D eigenvalue weighted by molar-refractivity contribution is 6.01. The molecule has 25 heavy (non-hydrogen) atoms. The van der Waals surface area contributed by atoms with Gasteiger partial charge in [0.2, 0.25) is 11.8 Å². The molecule has 1 aromatic heterocycles. The molecule has 2 fully saturated rings. The van der Waals surface area contributed by atoms with E-state index >= 15 is 0 Å². The van der Waals surface area contributed by atoms with Crippen molar-refractivity contribution in [3.63, 3.8) is 0 Å². The van der Waals surface area contributed by atoms with Gasteiger partial charge in [0.15, 0.2) is 0 Å². The zero-order valence-electron chi connectivity index (χ0n) is 13.9. The van der Waals surface area contributed by atoms with Crippen molar-refractivity contribution in [1.29, 1.82) is 0 Å². The number of carboxylic acids is 1. The number of carbonyl (C=O) groups excluding carboxylic acids is 2. The molecule has 1 atom stereocenters. The van der Waals surface area contributed by atoms with E-state index in [0.29, 0.717) is 24.6 Å². The first-order valence-corrected chi connectivity index (χ1v) is 8.51. The minimum absolute atomic E-state index is 0.0970. The van der Waals surface area contributed by atoms with Gasteiger partial charge in [-0.2, -0.15) is 0 Å². The highest BCUT2D eigenvalue weighted by Gasteiger charge is 2.27. The lowest BCUT2D eigenvalue weighted by atomic mass is 9.90. The predicted molar refractivity (Wildman–Crippen MR) is 90.1 cm³/mol. The molecule has 0 radical (unpaired) electrons. The fourth-order valence-corrected chi connectivity index (χ4v) is 3.36. The second-order valence-electron chi connectivity index (χ2n) is 6.57. The van der Waals surface area contributed by atoms with Crippen LogP contribution in [-0.2, 0) is 14.4 Å². The lowest BCUT2D eigenvalue weighted by Crippen LogP contribution is -2.47. The number of anilines is 1. The summed E-state index contributed by atoms with van der Waals surface area (Å²) in [5, 5.41) is 14.2. The molecule has 1 aromatic rings. The quantitative estimate of drug-likeness (QED) is 0.668. The number of imide groups is 1. The number of carbonyl (C=O) groups is 3. The Labute approximate surface area is 145 Å². The minimum Gasteiger partial charge on any atom is -0.480 e. The van der Waals surface area contributed by atoms with E-state index < -0.39 is 12.0 Å². The number of carboxylic acid groups (broad SMARTS) is 1. The van der Waals surface area contributed by atoms with Crippen LogP contribution >= 0.6 is 0 Å². The first kappa shape index (κ1) is 17.3. The lowest BCUT2D eigenvalue weighted by molar-refractivity contribution is -0.138. The van der Waals surface area contributed by atoms with Gasteiger partial charge >= 0.3 is 5.97 Å². The molecule has 2 saturated heterocycles. The van der Waals surface area contributed by atoms with Gasteiger partial charge in [-0.15, -0.1) is 0 Å². The van der Waals surface area contributed by atoms with Crippen molar-refractivity contribution < 1.29 is 19.5 Å². The van der Waals surface area contributed by atoms with Crippen LogP contribution in [0.15, 0.2) is 18.3 Å². The lowest BCUT2D eigenvalue weighted by Gasteiger charge is -2.31. The molecule has 2 aliphatic heterocycles. The summed E-state index contributed by atoms with van der Waals surface area (Å²) < 4.78 is 0. The van der Waals surface area contributed by atoms with Crippen LogP contribution in [0.4, 0.5) is 5.82 Å². The second-order valence-corrected chi connectivity index (χ2v) is 6.57. The van der Waals surface area contributed by atoms with Gasteiger partial charge in [0.05, 0.1) is 6.54 Å². The fourth-order valence-electron chi connectivity index (χ4n) is 3.36. The van der Waals surface area contributed by atoms with Crippen LogP contribution in [0.3, 0.4) is 0 Å². The molecule has 8 heteroatoms. The van der Waals surface area contributed by atoms with E-state index in [4.69, 9.17) is 5.11 Å². The summed E-state index contributed by atoms with van der Waals surface area (Å²) in [6.07, 6.45) is 4.43. The molecule has 3 N–H and O–H groups in total. The largest absolute Gasteiger partial charge is 0.480 e. The molecule has 134 valence electrons. The molecule has 0 saturated carbocycles. The number of piperidine rings is 2. The third kappa shape index (κ3) is 4.54. The molecule has 2 aliphatic rings. The Morgan fingerprint density at radius 1 is 1.28 bits per heavy atom. The molecule has 8 nitrogen and oxygen atoms in total. The predicted octanol–water partition coefficient (Wildman–Crippen LogP) is 0.563. The summed E-state index contributed by atoms with van der Waals surface area (Å²) in [4.78, 5) is 40.0. The maximum atomic E-state index is 11.8. The summed E-state index contributed by atoms with van der Waals surface area (Å²) >= 11 is 0. The normalized spacial score (nSPS) is 22.5. The van der Waals surface area contributed by atoms with Gasteiger partial charge in [-0.05, 0) is 49.9 Å². The van der Waals surface area contributed by atoms with E-state index in [0.717, 1.165) is 31.5 Å². The molecular weight excluding hydrogens is 324 g/mol. The maximum Gasteiger partial charge on any atom is 0.317 e. The van der Waals surface area contributed by atoms with Crippen LogP contribution < -0.4 is 10.6 Å². The Bertz CT molecular complexity index is 653. The highest BCUT2D eigenvalue weighted by Crippen LogP contribution is 2.28. The Balaban J connectivity index is 1.53. The number of nitrogens with zero attached hydrogens (tertiary/aromatic N) is 2. The smallest absolute Gasteiger partial charge is 0.317 e. The van der Waals surface area contributed by atoms with E-state index in [1.54, 1.807) is 0 Å². The molecule has 0 bridgehead atoms. The van der Waals surface area contributed by atoms with Crippen LogP contribution in [0.5, 0.6) is 0 Å². The number of rotatable bonds is 5. The number of hydrogen-bond donors (Lipinski definition) is 3. The first-order valence-electron chi connectivity index (χ1n) is 8.51. The SMILES string of the molecule is O=C(O)CN1CCC(c2ccc(NC3CCC(=O)NC3=O)nc2)CC1. The van der Waals surface area contributed by atoms with E-state index in [1.165, 1.54) is 0 Å². The number of aliphatic carboxylic acids is 1. The summed E-state index contributed by atoms with van der Waals surface area (Å²) in [7, 11) is 0. The van der Waals surface area contributed by atoms with E-state index in [9.17, 15) is 14.4 Å². The van der Waals surface area contributed by atoms with E-state index in [2.05, 4.69) is 15.6 Å². The van der Waals surface area contributed by atoms with Gasteiger partial charge in [0.1, 0.15) is 11.9 Å². The molecule has 0 aliphatic carbocycles. The Morgan fingerprint density at radius 2 is 2.04 bits per heavy atom. The summed E-state index contributed by atoms with van der Waals surface area (Å²) in [5.74, 6) is -0.346. The van der Waals surface area contributed by atoms with Crippen LogP contribution in [0.2, 0.25) is 0 Å². The highest BCUT2D eigenvalue weighted by atomic mass is 16.4. The van der Waals surface area contributed by atoms with Crippen molar-refractivity contribution in [2.75, 3.05) is 25.0 Å². The number of nitrogens with one attached hydrogen (secondary N) is 2. The van der Waals surface area contributed by atoms with Crippen molar-refractivity contribution in [3.8, 4) is 0 Å². The zero-order valence-corrected chi connectivity index (χ0v) is 13.9. The van der Waals surface area contributed by atoms with Crippen molar-refractivity contribution in [2.45, 2.75) is 37.6 Å². The van der Waals surface area contributed by atoms with Gasteiger partial charge in [-0.1, -0.05) is 6.07 Å². The molecule has 0 spiro atoms. The van der Waals surface area contributed by atoms with Crippen molar-refractivity contribution in [1.82, 2.24) is 15.2 Å². The van der Waals surface area contributed by atoms with Crippen LogP contribution in [0.1, 0.15) is 37.2 Å². The number of aromatic nitrogens is 1. The van der Waals surface area contributed by atoms with Crippen LogP contribution in [0.25, 0.3) is 0 Å². The molecule has 1 unspecified atom stereocenters. The van der Waals surface area contributed by atoms with E-state index in [-0.39, 0.29) is 18.4 Å². The first-order chi connectivity index (χ1) is 12.0. The third-order valence-corrected chi connectivity index (χ3v) is 4.77. The Morgan fingerprint density at radius 3 is 2.64 bits per heavy atom. The van der Waals surface area contributed by atoms with Gasteiger partial charge < -0.3 is 10.4 Å². The average Bonchev–Trinajstić information content (AvgIpc) is 2.58. The van der Waals surface area contributed by atoms with Gasteiger partial charge in [-0.25, -0.2) is 4.98 Å². The third-order valence-electron chi connectivity index (χ3n) is 4.77. The topological polar surface area (TPSA) is 112 Å². The minimum atomic E-state index is -0.788. The van der Waals surface area contributed by atoms with Crippen molar-refractivity contribution in [2.24, 2.45) is 0 Å². The van der Waals surface area contributed by atoms with E-state index in [1.807, 2.05) is 23.2 Å². The fraction of sp³-hybridized carbons (Fsp3) is 0.529. The van der Waals surface area contributed by atoms with Gasteiger partial charge in [0, 0.05) is 12.6 Å². The van der Waals surface area contributed by atoms with Gasteiger partial charge in [0.25, 0.3) is 0 Å².